The summed E-state index contributed by atoms with van der Waals surface area (Å²) >= 11 is 6.65. The number of hydrogen-bond acceptors (Lipinski definition) is 5. The summed E-state index contributed by atoms with van der Waals surface area (Å²) in [7, 11) is -3.97. The fourth-order valence-corrected chi connectivity index (χ4v) is 6.05. The molecule has 1 aliphatic carbocycles. The van der Waals surface area contributed by atoms with Crippen LogP contribution in [0.4, 0.5) is 0 Å². The van der Waals surface area contributed by atoms with Crippen molar-refractivity contribution < 1.29 is 18.0 Å². The van der Waals surface area contributed by atoms with Gasteiger partial charge in [0, 0.05) is 13.0 Å². The minimum absolute atomic E-state index is 0.0161. The van der Waals surface area contributed by atoms with Gasteiger partial charge in [-0.15, -0.1) is 11.3 Å². The minimum atomic E-state index is -3.97. The highest BCUT2D eigenvalue weighted by Crippen LogP contribution is 2.35. The van der Waals surface area contributed by atoms with Crippen molar-refractivity contribution in [3.8, 4) is 0 Å². The van der Waals surface area contributed by atoms with Crippen LogP contribution in [0.5, 0.6) is 0 Å². The van der Waals surface area contributed by atoms with Gasteiger partial charge in [-0.3, -0.25) is 9.59 Å². The van der Waals surface area contributed by atoms with E-state index in [1.54, 1.807) is 6.92 Å². The van der Waals surface area contributed by atoms with Crippen LogP contribution < -0.4 is 4.72 Å². The highest BCUT2D eigenvalue weighted by atomic mass is 35.5. The molecule has 1 N–H and O–H groups in total. The Morgan fingerprint density at radius 3 is 2.56 bits per heavy atom. The molecule has 0 radical (unpaired) electrons. The number of carbonyl (C=O) groups excluding carboxylic acids is 2. The number of rotatable bonds is 5. The van der Waals surface area contributed by atoms with Crippen molar-refractivity contribution in [3.05, 3.63) is 16.5 Å². The monoisotopic (exact) mass is 404 g/mol. The van der Waals surface area contributed by atoms with Gasteiger partial charge in [0.15, 0.2) is 0 Å². The molecular weight excluding hydrogens is 384 g/mol. The lowest BCUT2D eigenvalue weighted by molar-refractivity contribution is -0.157. The average Bonchev–Trinajstić information content (AvgIpc) is 3.16. The summed E-state index contributed by atoms with van der Waals surface area (Å²) in [5, 5.41) is 0. The normalized spacial score (nSPS) is 24.2. The first-order valence-corrected chi connectivity index (χ1v) is 11.0. The van der Waals surface area contributed by atoms with Crippen molar-refractivity contribution in [2.45, 2.75) is 55.2 Å². The SMILES string of the molecule is CC1(C(=O)NS(=O)(=O)c2ccc(Cl)s2)CCN1C(=O)CC1CCCC1. The molecule has 2 heterocycles. The van der Waals surface area contributed by atoms with E-state index in [0.717, 1.165) is 37.0 Å². The Kier molecular flexibility index (Phi) is 5.14. The third-order valence-corrected chi connectivity index (χ3v) is 8.24. The molecule has 0 spiro atoms. The smallest absolute Gasteiger partial charge is 0.273 e. The Bertz CT molecular complexity index is 786. The first-order valence-electron chi connectivity index (χ1n) is 8.35. The molecule has 1 aromatic heterocycles. The highest BCUT2D eigenvalue weighted by molar-refractivity contribution is 7.92. The molecule has 1 unspecified atom stereocenters. The number of nitrogens with zero attached hydrogens (tertiary/aromatic N) is 1. The van der Waals surface area contributed by atoms with Crippen LogP contribution in [0, 0.1) is 5.92 Å². The maximum Gasteiger partial charge on any atom is 0.273 e. The molecular formula is C16H21ClN2O4S2. The second kappa shape index (κ2) is 6.89. The third-order valence-electron chi connectivity index (χ3n) is 5.19. The summed E-state index contributed by atoms with van der Waals surface area (Å²) in [5.74, 6) is -0.340. The Morgan fingerprint density at radius 1 is 1.36 bits per heavy atom. The molecule has 2 amide bonds. The molecule has 0 aromatic carbocycles. The van der Waals surface area contributed by atoms with Crippen molar-refractivity contribution in [2.24, 2.45) is 5.92 Å². The van der Waals surface area contributed by atoms with E-state index in [1.165, 1.54) is 17.0 Å². The highest BCUT2D eigenvalue weighted by Gasteiger charge is 2.50. The Labute approximate surface area is 156 Å². The predicted octanol–water partition coefficient (Wildman–Crippen LogP) is 2.78. The zero-order chi connectivity index (χ0) is 18.2. The van der Waals surface area contributed by atoms with E-state index < -0.39 is 21.5 Å². The molecule has 138 valence electrons. The number of nitrogens with one attached hydrogen (secondary N) is 1. The van der Waals surface area contributed by atoms with Gasteiger partial charge in [-0.25, -0.2) is 13.1 Å². The number of thiophene rings is 1. The van der Waals surface area contributed by atoms with Crippen LogP contribution in [0.15, 0.2) is 16.3 Å². The zero-order valence-electron chi connectivity index (χ0n) is 14.0. The fourth-order valence-electron chi connectivity index (χ4n) is 3.49. The lowest BCUT2D eigenvalue weighted by atomic mass is 9.85. The van der Waals surface area contributed by atoms with Crippen LogP contribution in [0.25, 0.3) is 0 Å². The summed E-state index contributed by atoms with van der Waals surface area (Å²) in [5.41, 5.74) is -1.11. The molecule has 1 saturated carbocycles. The summed E-state index contributed by atoms with van der Waals surface area (Å²) in [6.45, 7) is 2.11. The van der Waals surface area contributed by atoms with Gasteiger partial charge >= 0.3 is 0 Å². The lowest BCUT2D eigenvalue weighted by Gasteiger charge is -2.49. The number of sulfonamides is 1. The summed E-state index contributed by atoms with van der Waals surface area (Å²) in [6.07, 6.45) is 5.30. The predicted molar refractivity (Wildman–Crippen MR) is 96.0 cm³/mol. The second-order valence-electron chi connectivity index (χ2n) is 6.92. The van der Waals surface area contributed by atoms with Crippen molar-refractivity contribution in [3.63, 3.8) is 0 Å². The number of halogens is 1. The molecule has 0 bridgehead atoms. The molecule has 6 nitrogen and oxygen atoms in total. The van der Waals surface area contributed by atoms with Crippen LogP contribution in [0.1, 0.15) is 45.4 Å². The van der Waals surface area contributed by atoms with Crippen LogP contribution in [0.2, 0.25) is 4.34 Å². The van der Waals surface area contributed by atoms with Gasteiger partial charge in [0.2, 0.25) is 5.91 Å². The molecule has 3 rings (SSSR count). The second-order valence-corrected chi connectivity index (χ2v) is 10.5. The maximum atomic E-state index is 12.6. The standard InChI is InChI=1S/C16H21ClN2O4S2/c1-16(8-9-19(16)13(20)10-11-4-2-3-5-11)15(21)18-25(22,23)14-7-6-12(17)24-14/h6-7,11H,2-5,8-10H2,1H3,(H,18,21). The quantitative estimate of drug-likeness (QED) is 0.817. The molecule has 1 atom stereocenters. The van der Waals surface area contributed by atoms with Crippen LogP contribution in [-0.2, 0) is 19.6 Å². The van der Waals surface area contributed by atoms with Crippen LogP contribution in [0.3, 0.4) is 0 Å². The van der Waals surface area contributed by atoms with Gasteiger partial charge < -0.3 is 4.90 Å². The van der Waals surface area contributed by atoms with E-state index >= 15 is 0 Å². The van der Waals surface area contributed by atoms with Crippen molar-refractivity contribution in [1.82, 2.24) is 9.62 Å². The summed E-state index contributed by atoms with van der Waals surface area (Å²) in [6, 6.07) is 2.82. The van der Waals surface area contributed by atoms with Gasteiger partial charge in [0.1, 0.15) is 9.75 Å². The van der Waals surface area contributed by atoms with Gasteiger partial charge in [-0.2, -0.15) is 0 Å². The largest absolute Gasteiger partial charge is 0.328 e. The number of amides is 2. The Balaban J connectivity index is 1.67. The molecule has 2 aliphatic rings. The third kappa shape index (κ3) is 3.71. The van der Waals surface area contributed by atoms with Crippen molar-refractivity contribution >= 4 is 44.8 Å². The van der Waals surface area contributed by atoms with E-state index in [1.807, 2.05) is 0 Å². The number of carbonyl (C=O) groups is 2. The number of hydrogen-bond donors (Lipinski definition) is 1. The average molecular weight is 405 g/mol. The molecule has 9 heteroatoms. The zero-order valence-corrected chi connectivity index (χ0v) is 16.3. The topological polar surface area (TPSA) is 83.6 Å². The van der Waals surface area contributed by atoms with Gasteiger partial charge in [-0.05, 0) is 44.2 Å². The van der Waals surface area contributed by atoms with Gasteiger partial charge in [0.25, 0.3) is 15.9 Å². The molecule has 25 heavy (non-hydrogen) atoms. The van der Waals surface area contributed by atoms with E-state index in [0.29, 0.717) is 29.6 Å². The van der Waals surface area contributed by atoms with Crippen molar-refractivity contribution in [2.75, 3.05) is 6.54 Å². The van der Waals surface area contributed by atoms with Crippen LogP contribution in [-0.4, -0.2) is 37.2 Å². The maximum absolute atomic E-state index is 12.6. The summed E-state index contributed by atoms with van der Waals surface area (Å²) in [4.78, 5) is 26.6. The summed E-state index contributed by atoms with van der Waals surface area (Å²) < 4.78 is 27.0. The fraction of sp³-hybridized carbons (Fsp3) is 0.625. The van der Waals surface area contributed by atoms with Gasteiger partial charge in [-0.1, -0.05) is 24.4 Å². The Hall–Kier alpha value is -1.12. The molecule has 1 aliphatic heterocycles. The first kappa shape index (κ1) is 18.7. The lowest BCUT2D eigenvalue weighted by Crippen LogP contribution is -2.67. The Morgan fingerprint density at radius 2 is 2.04 bits per heavy atom. The van der Waals surface area contributed by atoms with Crippen LogP contribution >= 0.6 is 22.9 Å². The molecule has 1 saturated heterocycles. The minimum Gasteiger partial charge on any atom is -0.328 e. The first-order chi connectivity index (χ1) is 11.7. The van der Waals surface area contributed by atoms with E-state index in [-0.39, 0.29) is 10.1 Å². The van der Waals surface area contributed by atoms with E-state index in [4.69, 9.17) is 11.6 Å². The van der Waals surface area contributed by atoms with E-state index in [2.05, 4.69) is 4.72 Å². The van der Waals surface area contributed by atoms with Gasteiger partial charge in [0.05, 0.1) is 4.34 Å². The van der Waals surface area contributed by atoms with Crippen molar-refractivity contribution in [1.29, 1.82) is 0 Å². The van der Waals surface area contributed by atoms with E-state index in [9.17, 15) is 18.0 Å². The molecule has 2 fully saturated rings. The molecule has 1 aromatic rings. The number of likely N-dealkylation sites (tertiary alicyclic amines) is 1.